The van der Waals surface area contributed by atoms with Crippen LogP contribution in [0.25, 0.3) is 115 Å². The van der Waals surface area contributed by atoms with Crippen molar-refractivity contribution >= 4 is 53.3 Å². The molecule has 0 amide bonds. The smallest absolute Gasteiger partial charge is 0.166 e. The van der Waals surface area contributed by atoms with Crippen molar-refractivity contribution in [2.45, 2.75) is 0 Å². The van der Waals surface area contributed by atoms with Gasteiger partial charge in [-0.05, 0) is 53.1 Å². The molecule has 6 heteroatoms. The minimum Gasteiger partial charge on any atom is -0.308 e. The summed E-state index contributed by atoms with van der Waals surface area (Å²) in [6.45, 7) is 0. The van der Waals surface area contributed by atoms with Crippen LogP contribution in [-0.2, 0) is 0 Å². The van der Waals surface area contributed by atoms with Gasteiger partial charge in [0.1, 0.15) is 0 Å². The van der Waals surface area contributed by atoms with E-state index in [4.69, 9.17) is 19.9 Å². The lowest BCUT2D eigenvalue weighted by Gasteiger charge is -2.14. The second-order valence-corrected chi connectivity index (χ2v) is 16.5. The summed E-state index contributed by atoms with van der Waals surface area (Å²) >= 11 is 1.83. The van der Waals surface area contributed by atoms with Crippen molar-refractivity contribution in [2.24, 2.45) is 0 Å². The summed E-state index contributed by atoms with van der Waals surface area (Å²) in [5.41, 5.74) is 12.4. The van der Waals surface area contributed by atoms with E-state index in [9.17, 15) is 0 Å². The highest BCUT2D eigenvalue weighted by Crippen LogP contribution is 2.47. The molecule has 0 saturated heterocycles. The van der Waals surface area contributed by atoms with Gasteiger partial charge in [-0.1, -0.05) is 170 Å². The van der Waals surface area contributed by atoms with Crippen molar-refractivity contribution in [3.8, 4) is 73.4 Å². The molecule has 0 aliphatic rings. The maximum Gasteiger partial charge on any atom is 0.166 e. The molecule has 290 valence electrons. The van der Waals surface area contributed by atoms with Gasteiger partial charge in [0.05, 0.1) is 21.4 Å². The Morgan fingerprint density at radius 3 is 1.66 bits per heavy atom. The Bertz CT molecular complexity index is 3560. The van der Waals surface area contributed by atoms with Crippen LogP contribution in [0.1, 0.15) is 0 Å². The highest BCUT2D eigenvalue weighted by atomic mass is 32.1. The predicted molar refractivity (Wildman–Crippen MR) is 257 cm³/mol. The monoisotopic (exact) mass is 809 g/mol. The van der Waals surface area contributed by atoms with Crippen LogP contribution < -0.4 is 0 Å². The molecule has 0 radical (unpaired) electrons. The Morgan fingerprint density at radius 2 is 0.952 bits per heavy atom. The van der Waals surface area contributed by atoms with Crippen LogP contribution in [-0.4, -0.2) is 24.5 Å². The second-order valence-electron chi connectivity index (χ2n) is 15.4. The third-order valence-electron chi connectivity index (χ3n) is 11.7. The molecule has 12 aromatic rings. The summed E-state index contributed by atoms with van der Waals surface area (Å²) in [5.74, 6) is 1.77. The topological polar surface area (TPSA) is 56.5 Å². The average Bonchev–Trinajstić information content (AvgIpc) is 3.91. The molecule has 4 heterocycles. The van der Waals surface area contributed by atoms with Crippen molar-refractivity contribution < 1.29 is 0 Å². The number of hydrogen-bond acceptors (Lipinski definition) is 5. The summed E-state index contributed by atoms with van der Waals surface area (Å²) in [7, 11) is 0. The lowest BCUT2D eigenvalue weighted by molar-refractivity contribution is 1.07. The zero-order valence-corrected chi connectivity index (χ0v) is 34.2. The zero-order valence-electron chi connectivity index (χ0n) is 33.4. The molecular formula is C56H35N5S. The van der Waals surface area contributed by atoms with E-state index in [2.05, 4.69) is 144 Å². The summed E-state index contributed by atoms with van der Waals surface area (Å²) in [6, 6.07) is 72.2. The number of thiophene rings is 1. The number of fused-ring (bicyclic) bond motifs is 7. The Kier molecular flexibility index (Phi) is 8.61. The maximum absolute atomic E-state index is 5.41. The number of aromatic nitrogens is 5. The van der Waals surface area contributed by atoms with E-state index in [1.54, 1.807) is 0 Å². The van der Waals surface area contributed by atoms with E-state index in [0.29, 0.717) is 17.5 Å². The van der Waals surface area contributed by atoms with Gasteiger partial charge in [0.25, 0.3) is 0 Å². The number of benzene rings is 8. The fourth-order valence-electron chi connectivity index (χ4n) is 8.82. The Morgan fingerprint density at radius 1 is 0.387 bits per heavy atom. The first-order valence-electron chi connectivity index (χ1n) is 20.7. The number of para-hydroxylation sites is 2. The first kappa shape index (κ1) is 35.8. The van der Waals surface area contributed by atoms with Gasteiger partial charge in [0, 0.05) is 65.9 Å². The van der Waals surface area contributed by atoms with Crippen LogP contribution in [0.15, 0.2) is 212 Å². The molecule has 62 heavy (non-hydrogen) atoms. The van der Waals surface area contributed by atoms with E-state index < -0.39 is 0 Å². The van der Waals surface area contributed by atoms with Crippen LogP contribution in [0.3, 0.4) is 0 Å². The quantitative estimate of drug-likeness (QED) is 0.161. The van der Waals surface area contributed by atoms with E-state index in [0.717, 1.165) is 61.3 Å². The van der Waals surface area contributed by atoms with Crippen LogP contribution in [0.4, 0.5) is 0 Å². The molecule has 8 aromatic carbocycles. The summed E-state index contributed by atoms with van der Waals surface area (Å²) in [4.78, 5) is 21.0. The van der Waals surface area contributed by atoms with Gasteiger partial charge in [-0.15, -0.1) is 11.3 Å². The average molecular weight is 810 g/mol. The van der Waals surface area contributed by atoms with Crippen LogP contribution in [0.5, 0.6) is 0 Å². The summed E-state index contributed by atoms with van der Waals surface area (Å²) in [5, 5.41) is 4.82. The molecule has 0 N–H and O–H groups in total. The van der Waals surface area contributed by atoms with Crippen molar-refractivity contribution in [1.82, 2.24) is 24.5 Å². The lowest BCUT2D eigenvalue weighted by atomic mass is 9.95. The highest BCUT2D eigenvalue weighted by Gasteiger charge is 2.23. The Labute approximate surface area is 361 Å². The largest absolute Gasteiger partial charge is 0.308 e. The minimum absolute atomic E-state index is 0.560. The fourth-order valence-corrected chi connectivity index (χ4v) is 10.1. The Balaban J connectivity index is 1.13. The number of rotatable bonds is 7. The van der Waals surface area contributed by atoms with E-state index in [1.165, 1.54) is 36.6 Å². The van der Waals surface area contributed by atoms with Gasteiger partial charge in [-0.2, -0.15) is 0 Å². The first-order chi connectivity index (χ1) is 30.7. The van der Waals surface area contributed by atoms with Gasteiger partial charge in [-0.3, -0.25) is 4.98 Å². The number of hydrogen-bond donors (Lipinski definition) is 0. The molecule has 0 aliphatic carbocycles. The van der Waals surface area contributed by atoms with Gasteiger partial charge in [0.15, 0.2) is 17.5 Å². The van der Waals surface area contributed by atoms with E-state index in [-0.39, 0.29) is 0 Å². The van der Waals surface area contributed by atoms with E-state index in [1.807, 2.05) is 84.3 Å². The van der Waals surface area contributed by atoms with Crippen LogP contribution in [0.2, 0.25) is 0 Å². The fraction of sp³-hybridized carbons (Fsp3) is 0. The highest BCUT2D eigenvalue weighted by molar-refractivity contribution is 7.26. The lowest BCUT2D eigenvalue weighted by Crippen LogP contribution is -2.02. The van der Waals surface area contributed by atoms with Gasteiger partial charge in [0.2, 0.25) is 0 Å². The molecule has 0 saturated carbocycles. The minimum atomic E-state index is 0.560. The molecule has 0 aliphatic heterocycles. The molecule has 5 nitrogen and oxygen atoms in total. The van der Waals surface area contributed by atoms with Crippen molar-refractivity contribution in [3.63, 3.8) is 0 Å². The second kappa shape index (κ2) is 14.9. The van der Waals surface area contributed by atoms with Crippen molar-refractivity contribution in [3.05, 3.63) is 212 Å². The molecule has 0 fully saturated rings. The van der Waals surface area contributed by atoms with Gasteiger partial charge < -0.3 is 4.57 Å². The van der Waals surface area contributed by atoms with E-state index >= 15 is 0 Å². The molecule has 0 atom stereocenters. The maximum atomic E-state index is 5.41. The standard InChI is InChI=1S/C56H35N5S/c1-5-17-36(18-6-1)39-23-15-24-40(33-39)41-34-47(56-59-54(37-19-7-2-8-20-37)58-55(60-56)38-21-9-3-10-22-38)51(57-35-41)45-28-16-30-49-50(45)46-32-31-44-43-27-13-14-29-48(43)61(52(44)53(46)62-49)42-25-11-4-12-26-42/h1-35H. The summed E-state index contributed by atoms with van der Waals surface area (Å²) in [6.07, 6.45) is 2.00. The molecule has 0 unspecified atom stereocenters. The molecule has 4 aromatic heterocycles. The zero-order chi connectivity index (χ0) is 41.0. The third-order valence-corrected chi connectivity index (χ3v) is 12.9. The van der Waals surface area contributed by atoms with Gasteiger partial charge in [-0.25, -0.2) is 15.0 Å². The Hall–Kier alpha value is -8.06. The predicted octanol–water partition coefficient (Wildman–Crippen LogP) is 14.7. The van der Waals surface area contributed by atoms with Gasteiger partial charge >= 0.3 is 0 Å². The normalized spacial score (nSPS) is 11.5. The van der Waals surface area contributed by atoms with Crippen LogP contribution >= 0.6 is 11.3 Å². The molecule has 12 rings (SSSR count). The SMILES string of the molecule is c1ccc(-c2cccc(-c3cnc(-c4cccc5sc6c(ccc7c8ccccc8n(-c8ccccc8)c76)c45)c(-c4nc(-c5ccccc5)nc(-c5ccccc5)n4)c3)c2)cc1. The molecule has 0 spiro atoms. The number of pyridine rings is 1. The van der Waals surface area contributed by atoms with Crippen LogP contribution in [0, 0.1) is 0 Å². The number of nitrogens with zero attached hydrogens (tertiary/aromatic N) is 5. The summed E-state index contributed by atoms with van der Waals surface area (Å²) < 4.78 is 4.84. The van der Waals surface area contributed by atoms with Crippen molar-refractivity contribution in [2.75, 3.05) is 0 Å². The molecule has 0 bridgehead atoms. The molecular weight excluding hydrogens is 775 g/mol. The van der Waals surface area contributed by atoms with Crippen molar-refractivity contribution in [1.29, 1.82) is 0 Å². The first-order valence-corrected chi connectivity index (χ1v) is 21.5. The third kappa shape index (κ3) is 6.08.